The minimum Gasteiger partial charge on any atom is -0.465 e. The fourth-order valence-corrected chi connectivity index (χ4v) is 1.80. The van der Waals surface area contributed by atoms with Crippen LogP contribution in [-0.2, 0) is 0 Å². The second-order valence-corrected chi connectivity index (χ2v) is 3.47. The van der Waals surface area contributed by atoms with Gasteiger partial charge in [0.2, 0.25) is 0 Å². The molecule has 0 saturated carbocycles. The van der Waals surface area contributed by atoms with E-state index >= 15 is 0 Å². The molecular formula is C9H12N2O3. The van der Waals surface area contributed by atoms with Gasteiger partial charge in [0, 0.05) is 25.1 Å². The lowest BCUT2D eigenvalue weighted by Crippen LogP contribution is -2.36. The van der Waals surface area contributed by atoms with Crippen molar-refractivity contribution in [3.8, 4) is 0 Å². The molecule has 0 spiro atoms. The Balaban J connectivity index is 1.93. The summed E-state index contributed by atoms with van der Waals surface area (Å²) in [5.74, 6) is 0.351. The van der Waals surface area contributed by atoms with Crippen LogP contribution < -0.4 is 0 Å². The highest BCUT2D eigenvalue weighted by atomic mass is 16.5. The quantitative estimate of drug-likeness (QED) is 0.739. The number of amides is 1. The summed E-state index contributed by atoms with van der Waals surface area (Å²) in [4.78, 5) is 12.1. The average molecular weight is 196 g/mol. The molecule has 0 aliphatic carbocycles. The SMILES string of the molecule is O=C(O)N1CCC(c2ccon2)CC1. The van der Waals surface area contributed by atoms with Crippen molar-refractivity contribution in [3.05, 3.63) is 18.0 Å². The molecule has 1 aromatic heterocycles. The van der Waals surface area contributed by atoms with Crippen molar-refractivity contribution in [2.24, 2.45) is 0 Å². The van der Waals surface area contributed by atoms with Crippen LogP contribution in [0.5, 0.6) is 0 Å². The van der Waals surface area contributed by atoms with Gasteiger partial charge in [-0.05, 0) is 12.8 Å². The summed E-state index contributed by atoms with van der Waals surface area (Å²) in [7, 11) is 0. The summed E-state index contributed by atoms with van der Waals surface area (Å²) in [5.41, 5.74) is 0.940. The molecule has 1 aromatic rings. The number of nitrogens with zero attached hydrogens (tertiary/aromatic N) is 2. The van der Waals surface area contributed by atoms with Crippen LogP contribution in [0.25, 0.3) is 0 Å². The smallest absolute Gasteiger partial charge is 0.407 e. The third-order valence-corrected chi connectivity index (χ3v) is 2.64. The van der Waals surface area contributed by atoms with Gasteiger partial charge in [0.1, 0.15) is 6.26 Å². The molecule has 2 heterocycles. The maximum atomic E-state index is 10.6. The Morgan fingerprint density at radius 2 is 2.29 bits per heavy atom. The Labute approximate surface area is 81.3 Å². The van der Waals surface area contributed by atoms with Gasteiger partial charge in [-0.2, -0.15) is 0 Å². The van der Waals surface area contributed by atoms with Gasteiger partial charge in [0.25, 0.3) is 0 Å². The molecule has 1 aliphatic rings. The van der Waals surface area contributed by atoms with E-state index in [9.17, 15) is 4.79 Å². The lowest BCUT2D eigenvalue weighted by Gasteiger charge is -2.28. The van der Waals surface area contributed by atoms with Crippen LogP contribution in [0.4, 0.5) is 4.79 Å². The third-order valence-electron chi connectivity index (χ3n) is 2.64. The first-order valence-corrected chi connectivity index (χ1v) is 4.65. The second-order valence-electron chi connectivity index (χ2n) is 3.47. The topological polar surface area (TPSA) is 66.6 Å². The van der Waals surface area contributed by atoms with E-state index < -0.39 is 6.09 Å². The van der Waals surface area contributed by atoms with Crippen LogP contribution in [0.3, 0.4) is 0 Å². The molecule has 1 aliphatic heterocycles. The standard InChI is InChI=1S/C9H12N2O3/c12-9(13)11-4-1-7(2-5-11)8-3-6-14-10-8/h3,6-7H,1-2,4-5H2,(H,12,13). The maximum Gasteiger partial charge on any atom is 0.407 e. The van der Waals surface area contributed by atoms with Crippen molar-refractivity contribution < 1.29 is 14.4 Å². The summed E-state index contributed by atoms with van der Waals surface area (Å²) in [6.07, 6.45) is 2.39. The van der Waals surface area contributed by atoms with Crippen molar-refractivity contribution in [3.63, 3.8) is 0 Å². The predicted molar refractivity (Wildman–Crippen MR) is 48.1 cm³/mol. The van der Waals surface area contributed by atoms with E-state index in [1.807, 2.05) is 6.07 Å². The number of piperidine rings is 1. The lowest BCUT2D eigenvalue weighted by atomic mass is 9.94. The number of hydrogen-bond acceptors (Lipinski definition) is 3. The van der Waals surface area contributed by atoms with Gasteiger partial charge in [-0.1, -0.05) is 5.16 Å². The highest BCUT2D eigenvalue weighted by Crippen LogP contribution is 2.26. The zero-order valence-electron chi connectivity index (χ0n) is 7.72. The largest absolute Gasteiger partial charge is 0.465 e. The van der Waals surface area contributed by atoms with E-state index in [2.05, 4.69) is 5.16 Å². The zero-order valence-corrected chi connectivity index (χ0v) is 7.72. The second kappa shape index (κ2) is 3.69. The van der Waals surface area contributed by atoms with Crippen molar-refractivity contribution in [2.45, 2.75) is 18.8 Å². The normalized spacial score (nSPS) is 18.4. The number of carbonyl (C=O) groups is 1. The zero-order chi connectivity index (χ0) is 9.97. The molecular weight excluding hydrogens is 184 g/mol. The van der Waals surface area contributed by atoms with Crippen LogP contribution >= 0.6 is 0 Å². The van der Waals surface area contributed by atoms with E-state index in [4.69, 9.17) is 9.63 Å². The number of hydrogen-bond donors (Lipinski definition) is 1. The Morgan fingerprint density at radius 1 is 1.57 bits per heavy atom. The fourth-order valence-electron chi connectivity index (χ4n) is 1.80. The van der Waals surface area contributed by atoms with E-state index in [1.165, 1.54) is 4.90 Å². The van der Waals surface area contributed by atoms with Crippen LogP contribution in [0.15, 0.2) is 16.9 Å². The highest BCUT2D eigenvalue weighted by molar-refractivity contribution is 5.65. The van der Waals surface area contributed by atoms with Crippen LogP contribution in [0, 0.1) is 0 Å². The van der Waals surface area contributed by atoms with Gasteiger partial charge in [-0.15, -0.1) is 0 Å². The lowest BCUT2D eigenvalue weighted by molar-refractivity contribution is 0.131. The van der Waals surface area contributed by atoms with Gasteiger partial charge in [0.15, 0.2) is 0 Å². The van der Waals surface area contributed by atoms with Gasteiger partial charge < -0.3 is 14.5 Å². The van der Waals surface area contributed by atoms with Crippen molar-refractivity contribution in [1.29, 1.82) is 0 Å². The molecule has 1 amide bonds. The molecule has 0 bridgehead atoms. The molecule has 0 aromatic carbocycles. The van der Waals surface area contributed by atoms with Crippen molar-refractivity contribution in [2.75, 3.05) is 13.1 Å². The Bertz CT molecular complexity index is 302. The summed E-state index contributed by atoms with van der Waals surface area (Å²) in [6, 6.07) is 1.85. The summed E-state index contributed by atoms with van der Waals surface area (Å²) < 4.78 is 4.76. The van der Waals surface area contributed by atoms with Gasteiger partial charge >= 0.3 is 6.09 Å². The van der Waals surface area contributed by atoms with Crippen molar-refractivity contribution >= 4 is 6.09 Å². The van der Waals surface area contributed by atoms with Crippen molar-refractivity contribution in [1.82, 2.24) is 10.1 Å². The first-order valence-electron chi connectivity index (χ1n) is 4.65. The summed E-state index contributed by atoms with van der Waals surface area (Å²) in [5, 5.41) is 12.6. The molecule has 1 saturated heterocycles. The monoisotopic (exact) mass is 196 g/mol. The fraction of sp³-hybridized carbons (Fsp3) is 0.556. The minimum atomic E-state index is -0.830. The molecule has 1 N–H and O–H groups in total. The Hall–Kier alpha value is -1.52. The molecule has 0 radical (unpaired) electrons. The minimum absolute atomic E-state index is 0.351. The Kier molecular flexibility index (Phi) is 2.39. The molecule has 14 heavy (non-hydrogen) atoms. The third kappa shape index (κ3) is 1.71. The summed E-state index contributed by atoms with van der Waals surface area (Å²) >= 11 is 0. The Morgan fingerprint density at radius 3 is 2.79 bits per heavy atom. The molecule has 0 unspecified atom stereocenters. The predicted octanol–water partition coefficient (Wildman–Crippen LogP) is 1.53. The first kappa shape index (κ1) is 9.05. The van der Waals surface area contributed by atoms with E-state index in [-0.39, 0.29) is 0 Å². The number of likely N-dealkylation sites (tertiary alicyclic amines) is 1. The molecule has 76 valence electrons. The van der Waals surface area contributed by atoms with Gasteiger partial charge in [0.05, 0.1) is 5.69 Å². The molecule has 1 fully saturated rings. The van der Waals surface area contributed by atoms with Gasteiger partial charge in [-0.25, -0.2) is 4.79 Å². The van der Waals surface area contributed by atoms with Crippen LogP contribution in [-0.4, -0.2) is 34.3 Å². The first-order chi connectivity index (χ1) is 6.77. The molecule has 5 nitrogen and oxygen atoms in total. The highest BCUT2D eigenvalue weighted by Gasteiger charge is 2.24. The number of carboxylic acid groups (broad SMARTS) is 1. The van der Waals surface area contributed by atoms with E-state index in [1.54, 1.807) is 6.26 Å². The summed E-state index contributed by atoms with van der Waals surface area (Å²) in [6.45, 7) is 1.18. The molecule has 5 heteroatoms. The average Bonchev–Trinajstić information content (AvgIpc) is 2.71. The van der Waals surface area contributed by atoms with Crippen LogP contribution in [0.2, 0.25) is 0 Å². The number of rotatable bonds is 1. The number of aromatic nitrogens is 1. The molecule has 2 rings (SSSR count). The van der Waals surface area contributed by atoms with Crippen LogP contribution in [0.1, 0.15) is 24.5 Å². The van der Waals surface area contributed by atoms with E-state index in [0.29, 0.717) is 19.0 Å². The van der Waals surface area contributed by atoms with Gasteiger partial charge in [-0.3, -0.25) is 0 Å². The van der Waals surface area contributed by atoms with E-state index in [0.717, 1.165) is 18.5 Å². The molecule has 0 atom stereocenters. The maximum absolute atomic E-state index is 10.6.